The maximum Gasteiger partial charge on any atom is 0.266 e. The summed E-state index contributed by atoms with van der Waals surface area (Å²) in [6.07, 6.45) is 3.19. The van der Waals surface area contributed by atoms with Gasteiger partial charge >= 0.3 is 0 Å². The molecule has 2 N–H and O–H groups in total. The Balaban J connectivity index is 1.90. The molecule has 0 saturated carbocycles. The number of anilines is 2. The standard InChI is InChI=1S/C19H17Cl2FN4O2S/c1-2-16(12-5-3-4-6-13(12)20)25-17-10-15(22)18(9-14(17)21)29(27,28)26-19-7-8-23-11-24-19/h3-11,16,25H,2H2,1H3,(H,23,24,26). The molecule has 0 bridgehead atoms. The average molecular weight is 455 g/mol. The van der Waals surface area contributed by atoms with Crippen molar-refractivity contribution in [2.75, 3.05) is 10.0 Å². The van der Waals surface area contributed by atoms with Gasteiger partial charge in [0.25, 0.3) is 10.0 Å². The molecule has 1 heterocycles. The Hall–Kier alpha value is -2.42. The van der Waals surface area contributed by atoms with Crippen LogP contribution >= 0.6 is 23.2 Å². The van der Waals surface area contributed by atoms with Gasteiger partial charge in [-0.3, -0.25) is 4.72 Å². The highest BCUT2D eigenvalue weighted by atomic mass is 35.5. The summed E-state index contributed by atoms with van der Waals surface area (Å²) in [5.41, 5.74) is 1.09. The van der Waals surface area contributed by atoms with Crippen LogP contribution in [0.25, 0.3) is 0 Å². The van der Waals surface area contributed by atoms with Crippen LogP contribution in [0.15, 0.2) is 59.9 Å². The zero-order valence-corrected chi connectivity index (χ0v) is 17.6. The van der Waals surface area contributed by atoms with Crippen LogP contribution in [-0.2, 0) is 10.0 Å². The monoisotopic (exact) mass is 454 g/mol. The van der Waals surface area contributed by atoms with Crippen molar-refractivity contribution in [1.82, 2.24) is 9.97 Å². The fourth-order valence-corrected chi connectivity index (χ4v) is 4.38. The largest absolute Gasteiger partial charge is 0.377 e. The van der Waals surface area contributed by atoms with Crippen molar-refractivity contribution in [2.45, 2.75) is 24.3 Å². The second kappa shape index (κ2) is 8.94. The Kier molecular flexibility index (Phi) is 6.56. The van der Waals surface area contributed by atoms with Crippen molar-refractivity contribution >= 4 is 44.7 Å². The molecule has 29 heavy (non-hydrogen) atoms. The smallest absolute Gasteiger partial charge is 0.266 e. The quantitative estimate of drug-likeness (QED) is 0.506. The maximum absolute atomic E-state index is 14.7. The van der Waals surface area contributed by atoms with E-state index in [1.807, 2.05) is 25.1 Å². The van der Waals surface area contributed by atoms with Crippen LogP contribution in [0.4, 0.5) is 15.9 Å². The third-order valence-corrected chi connectivity index (χ3v) is 6.18. The molecule has 3 aromatic rings. The summed E-state index contributed by atoms with van der Waals surface area (Å²) in [5.74, 6) is -0.935. The normalized spacial score (nSPS) is 12.4. The van der Waals surface area contributed by atoms with E-state index in [1.54, 1.807) is 6.07 Å². The second-order valence-corrected chi connectivity index (χ2v) is 8.55. The molecule has 152 valence electrons. The first-order valence-electron chi connectivity index (χ1n) is 8.60. The van der Waals surface area contributed by atoms with Crippen LogP contribution < -0.4 is 10.0 Å². The van der Waals surface area contributed by atoms with Crippen LogP contribution in [0.3, 0.4) is 0 Å². The third-order valence-electron chi connectivity index (χ3n) is 4.15. The van der Waals surface area contributed by atoms with Gasteiger partial charge in [-0.2, -0.15) is 0 Å². The van der Waals surface area contributed by atoms with E-state index in [1.165, 1.54) is 18.6 Å². The lowest BCUT2D eigenvalue weighted by molar-refractivity contribution is 0.570. The number of hydrogen-bond acceptors (Lipinski definition) is 5. The van der Waals surface area contributed by atoms with Gasteiger partial charge in [-0.25, -0.2) is 22.8 Å². The van der Waals surface area contributed by atoms with Crippen molar-refractivity contribution in [1.29, 1.82) is 0 Å². The molecule has 2 aromatic carbocycles. The minimum atomic E-state index is -4.22. The SMILES string of the molecule is CCC(Nc1cc(F)c(S(=O)(=O)Nc2ccncn2)cc1Cl)c1ccccc1Cl. The molecule has 1 aromatic heterocycles. The fraction of sp³-hybridized carbons (Fsp3) is 0.158. The molecule has 0 spiro atoms. The van der Waals surface area contributed by atoms with Crippen molar-refractivity contribution in [3.05, 3.63) is 76.4 Å². The molecule has 6 nitrogen and oxygen atoms in total. The van der Waals surface area contributed by atoms with E-state index >= 15 is 0 Å². The van der Waals surface area contributed by atoms with Crippen LogP contribution in [-0.4, -0.2) is 18.4 Å². The number of halogens is 3. The summed E-state index contributed by atoms with van der Waals surface area (Å²) >= 11 is 12.5. The fourth-order valence-electron chi connectivity index (χ4n) is 2.73. The first kappa shape index (κ1) is 21.3. The number of sulfonamides is 1. The predicted molar refractivity (Wildman–Crippen MR) is 112 cm³/mol. The van der Waals surface area contributed by atoms with Gasteiger partial charge in [0.15, 0.2) is 0 Å². The molecule has 1 unspecified atom stereocenters. The minimum absolute atomic E-state index is 0.0162. The van der Waals surface area contributed by atoms with Crippen molar-refractivity contribution in [3.63, 3.8) is 0 Å². The molecule has 0 aliphatic heterocycles. The van der Waals surface area contributed by atoms with Gasteiger partial charge in [0, 0.05) is 11.2 Å². The van der Waals surface area contributed by atoms with E-state index in [9.17, 15) is 12.8 Å². The van der Waals surface area contributed by atoms with E-state index in [0.29, 0.717) is 11.4 Å². The summed E-state index contributed by atoms with van der Waals surface area (Å²) in [6, 6.07) is 10.5. The molecule has 0 aliphatic rings. The molecule has 1 atom stereocenters. The topological polar surface area (TPSA) is 84.0 Å². The molecule has 0 amide bonds. The van der Waals surface area contributed by atoms with Gasteiger partial charge in [-0.15, -0.1) is 0 Å². The van der Waals surface area contributed by atoms with E-state index in [-0.39, 0.29) is 22.6 Å². The highest BCUT2D eigenvalue weighted by Gasteiger charge is 2.23. The highest BCUT2D eigenvalue weighted by Crippen LogP contribution is 2.34. The Morgan fingerprint density at radius 2 is 1.90 bits per heavy atom. The molecular weight excluding hydrogens is 438 g/mol. The molecule has 3 rings (SSSR count). The second-order valence-electron chi connectivity index (χ2n) is 6.09. The molecule has 0 radical (unpaired) electrons. The number of aromatic nitrogens is 2. The highest BCUT2D eigenvalue weighted by molar-refractivity contribution is 7.92. The number of nitrogens with one attached hydrogen (secondary N) is 2. The van der Waals surface area contributed by atoms with Gasteiger partial charge in [0.1, 0.15) is 22.9 Å². The first-order chi connectivity index (χ1) is 13.8. The van der Waals surface area contributed by atoms with E-state index in [0.717, 1.165) is 17.7 Å². The van der Waals surface area contributed by atoms with Crippen molar-refractivity contribution < 1.29 is 12.8 Å². The predicted octanol–water partition coefficient (Wildman–Crippen LogP) is 5.29. The lowest BCUT2D eigenvalue weighted by Crippen LogP contribution is -2.16. The molecule has 10 heteroatoms. The zero-order chi connectivity index (χ0) is 21.0. The molecule has 0 fully saturated rings. The summed E-state index contributed by atoms with van der Waals surface area (Å²) in [5, 5.41) is 3.75. The summed E-state index contributed by atoms with van der Waals surface area (Å²) in [4.78, 5) is 6.88. The van der Waals surface area contributed by atoms with Crippen LogP contribution in [0, 0.1) is 5.82 Å². The minimum Gasteiger partial charge on any atom is -0.377 e. The average Bonchev–Trinajstić information content (AvgIpc) is 2.69. The zero-order valence-electron chi connectivity index (χ0n) is 15.2. The van der Waals surface area contributed by atoms with E-state index < -0.39 is 20.7 Å². The van der Waals surface area contributed by atoms with Crippen molar-refractivity contribution in [3.8, 4) is 0 Å². The van der Waals surface area contributed by atoms with Gasteiger partial charge in [-0.1, -0.05) is 48.3 Å². The van der Waals surface area contributed by atoms with Crippen LogP contribution in [0.5, 0.6) is 0 Å². The number of hydrogen-bond donors (Lipinski definition) is 2. The maximum atomic E-state index is 14.7. The number of nitrogens with zero attached hydrogens (tertiary/aromatic N) is 2. The molecule has 0 aliphatic carbocycles. The number of benzene rings is 2. The van der Waals surface area contributed by atoms with Gasteiger partial charge in [0.05, 0.1) is 16.8 Å². The van der Waals surface area contributed by atoms with E-state index in [4.69, 9.17) is 23.2 Å². The Morgan fingerprint density at radius 3 is 2.55 bits per heavy atom. The Labute approximate surface area is 178 Å². The lowest BCUT2D eigenvalue weighted by Gasteiger charge is -2.21. The Morgan fingerprint density at radius 1 is 1.14 bits per heavy atom. The van der Waals surface area contributed by atoms with Gasteiger partial charge < -0.3 is 5.32 Å². The summed E-state index contributed by atoms with van der Waals surface area (Å²) < 4.78 is 41.9. The molecule has 0 saturated heterocycles. The Bertz CT molecular complexity index is 1110. The summed E-state index contributed by atoms with van der Waals surface area (Å²) in [7, 11) is -4.22. The van der Waals surface area contributed by atoms with Crippen LogP contribution in [0.1, 0.15) is 24.9 Å². The van der Waals surface area contributed by atoms with Crippen LogP contribution in [0.2, 0.25) is 10.0 Å². The first-order valence-corrected chi connectivity index (χ1v) is 10.8. The summed E-state index contributed by atoms with van der Waals surface area (Å²) in [6.45, 7) is 1.94. The number of rotatable bonds is 7. The van der Waals surface area contributed by atoms with Gasteiger partial charge in [0.2, 0.25) is 0 Å². The lowest BCUT2D eigenvalue weighted by atomic mass is 10.0. The van der Waals surface area contributed by atoms with E-state index in [2.05, 4.69) is 20.0 Å². The third kappa shape index (κ3) is 4.95. The molecular formula is C19H17Cl2FN4O2S. The van der Waals surface area contributed by atoms with Crippen molar-refractivity contribution in [2.24, 2.45) is 0 Å². The van der Waals surface area contributed by atoms with Gasteiger partial charge in [-0.05, 0) is 36.2 Å².